The first-order chi connectivity index (χ1) is 8.06. The van der Waals surface area contributed by atoms with Crippen molar-refractivity contribution < 1.29 is 18.8 Å². The number of carbonyl (C=O) groups is 3. The molecule has 1 aliphatic rings. The van der Waals surface area contributed by atoms with Crippen LogP contribution in [0.25, 0.3) is 0 Å². The Bertz CT molecular complexity index is 530. The molecular formula is C10H8FN3O3. The zero-order valence-corrected chi connectivity index (χ0v) is 8.57. The molecule has 0 aromatic heterocycles. The van der Waals surface area contributed by atoms with Crippen molar-refractivity contribution in [2.75, 3.05) is 11.4 Å². The molecule has 0 spiro atoms. The highest BCUT2D eigenvalue weighted by Crippen LogP contribution is 2.31. The summed E-state index contributed by atoms with van der Waals surface area (Å²) >= 11 is 0. The number of para-hydroxylation sites is 1. The second-order valence-corrected chi connectivity index (χ2v) is 3.42. The maximum Gasteiger partial charge on any atom is 0.300 e. The van der Waals surface area contributed by atoms with E-state index in [1.807, 2.05) is 5.43 Å². The van der Waals surface area contributed by atoms with Gasteiger partial charge in [0, 0.05) is 0 Å². The first kappa shape index (κ1) is 11.2. The van der Waals surface area contributed by atoms with Gasteiger partial charge in [-0.3, -0.25) is 24.7 Å². The second-order valence-electron chi connectivity index (χ2n) is 3.42. The minimum Gasteiger partial charge on any atom is -0.293 e. The largest absolute Gasteiger partial charge is 0.300 e. The molecule has 2 rings (SSSR count). The van der Waals surface area contributed by atoms with Crippen molar-refractivity contribution in [2.24, 2.45) is 5.84 Å². The zero-order valence-electron chi connectivity index (χ0n) is 8.57. The molecule has 0 fully saturated rings. The van der Waals surface area contributed by atoms with E-state index >= 15 is 0 Å². The number of rotatable bonds is 2. The lowest BCUT2D eigenvalue weighted by molar-refractivity contribution is -0.122. The molecule has 0 atom stereocenters. The lowest BCUT2D eigenvalue weighted by Crippen LogP contribution is -2.42. The number of carbonyl (C=O) groups excluding carboxylic acids is 3. The molecule has 88 valence electrons. The van der Waals surface area contributed by atoms with E-state index in [0.717, 1.165) is 11.0 Å². The zero-order chi connectivity index (χ0) is 12.6. The van der Waals surface area contributed by atoms with Crippen LogP contribution < -0.4 is 16.2 Å². The van der Waals surface area contributed by atoms with Crippen LogP contribution in [0.4, 0.5) is 10.1 Å². The van der Waals surface area contributed by atoms with Crippen LogP contribution in [0.1, 0.15) is 10.4 Å². The molecule has 0 unspecified atom stereocenters. The molecule has 17 heavy (non-hydrogen) atoms. The topological polar surface area (TPSA) is 92.5 Å². The van der Waals surface area contributed by atoms with Crippen LogP contribution in [-0.4, -0.2) is 24.1 Å². The van der Waals surface area contributed by atoms with Gasteiger partial charge < -0.3 is 0 Å². The van der Waals surface area contributed by atoms with Crippen LogP contribution in [0.3, 0.4) is 0 Å². The van der Waals surface area contributed by atoms with Gasteiger partial charge in [-0.1, -0.05) is 6.07 Å². The number of Topliss-reactive ketones (excluding diaryl/α,β-unsaturated/α-hetero) is 1. The summed E-state index contributed by atoms with van der Waals surface area (Å²) in [7, 11) is 0. The number of halogens is 1. The normalized spacial score (nSPS) is 13.9. The van der Waals surface area contributed by atoms with Gasteiger partial charge in [0.1, 0.15) is 12.4 Å². The monoisotopic (exact) mass is 237 g/mol. The summed E-state index contributed by atoms with van der Waals surface area (Å²) in [4.78, 5) is 34.9. The minimum atomic E-state index is -0.936. The molecule has 1 heterocycles. The SMILES string of the molecule is NNC(=O)CN1C(=O)C(=O)c2cccc(F)c21. The molecule has 1 aromatic rings. The lowest BCUT2D eigenvalue weighted by Gasteiger charge is -2.15. The van der Waals surface area contributed by atoms with E-state index in [4.69, 9.17) is 5.84 Å². The predicted molar refractivity (Wildman–Crippen MR) is 55.4 cm³/mol. The highest BCUT2D eigenvalue weighted by Gasteiger charge is 2.38. The van der Waals surface area contributed by atoms with Crippen molar-refractivity contribution >= 4 is 23.3 Å². The molecule has 1 aromatic carbocycles. The Morgan fingerprint density at radius 3 is 2.76 bits per heavy atom. The molecule has 0 saturated heterocycles. The molecule has 0 bridgehead atoms. The predicted octanol–water partition coefficient (Wildman–Crippen LogP) is -0.655. The van der Waals surface area contributed by atoms with E-state index in [1.54, 1.807) is 0 Å². The van der Waals surface area contributed by atoms with E-state index in [1.165, 1.54) is 12.1 Å². The molecule has 0 radical (unpaired) electrons. The van der Waals surface area contributed by atoms with Gasteiger partial charge >= 0.3 is 0 Å². The van der Waals surface area contributed by atoms with Gasteiger partial charge in [-0.15, -0.1) is 0 Å². The average Bonchev–Trinajstić information content (AvgIpc) is 2.56. The molecule has 0 saturated carbocycles. The van der Waals surface area contributed by atoms with Crippen LogP contribution in [-0.2, 0) is 9.59 Å². The van der Waals surface area contributed by atoms with Crippen LogP contribution in [0.5, 0.6) is 0 Å². The van der Waals surface area contributed by atoms with E-state index in [2.05, 4.69) is 0 Å². The van der Waals surface area contributed by atoms with Crippen LogP contribution in [0.15, 0.2) is 18.2 Å². The number of hydrazine groups is 1. The second kappa shape index (κ2) is 3.95. The van der Waals surface area contributed by atoms with Crippen LogP contribution >= 0.6 is 0 Å². The van der Waals surface area contributed by atoms with E-state index < -0.39 is 30.0 Å². The molecule has 0 aliphatic carbocycles. The summed E-state index contributed by atoms with van der Waals surface area (Å²) in [6.07, 6.45) is 0. The third kappa shape index (κ3) is 1.66. The summed E-state index contributed by atoms with van der Waals surface area (Å²) < 4.78 is 13.5. The fourth-order valence-corrected chi connectivity index (χ4v) is 1.65. The number of hydrogen-bond acceptors (Lipinski definition) is 4. The highest BCUT2D eigenvalue weighted by molar-refractivity contribution is 6.52. The van der Waals surface area contributed by atoms with Crippen LogP contribution in [0, 0.1) is 5.82 Å². The fraction of sp³-hybridized carbons (Fsp3) is 0.100. The maximum atomic E-state index is 13.5. The summed E-state index contributed by atoms with van der Waals surface area (Å²) in [5.41, 5.74) is 1.59. The van der Waals surface area contributed by atoms with Crippen molar-refractivity contribution in [1.29, 1.82) is 0 Å². The number of benzene rings is 1. The number of hydrogen-bond donors (Lipinski definition) is 2. The summed E-state index contributed by atoms with van der Waals surface area (Å²) in [6.45, 7) is -0.491. The lowest BCUT2D eigenvalue weighted by atomic mass is 10.1. The summed E-state index contributed by atoms with van der Waals surface area (Å²) in [5.74, 6) is 1.68. The number of nitrogens with one attached hydrogen (secondary N) is 1. The Labute approximate surface area is 95.2 Å². The van der Waals surface area contributed by atoms with Crippen LogP contribution in [0.2, 0.25) is 0 Å². The van der Waals surface area contributed by atoms with Crippen molar-refractivity contribution in [3.63, 3.8) is 0 Å². The number of anilines is 1. The maximum absolute atomic E-state index is 13.5. The number of nitrogens with zero attached hydrogens (tertiary/aromatic N) is 1. The molecule has 7 heteroatoms. The van der Waals surface area contributed by atoms with Gasteiger partial charge in [-0.2, -0.15) is 0 Å². The minimum absolute atomic E-state index is 0.0418. The molecule has 2 amide bonds. The smallest absolute Gasteiger partial charge is 0.293 e. The Hall–Kier alpha value is -2.28. The number of fused-ring (bicyclic) bond motifs is 1. The average molecular weight is 237 g/mol. The van der Waals surface area contributed by atoms with E-state index in [9.17, 15) is 18.8 Å². The van der Waals surface area contributed by atoms with Crippen molar-refractivity contribution in [2.45, 2.75) is 0 Å². The van der Waals surface area contributed by atoms with E-state index in [0.29, 0.717) is 0 Å². The number of ketones is 1. The van der Waals surface area contributed by atoms with Crippen molar-refractivity contribution in [3.05, 3.63) is 29.6 Å². The molecule has 6 nitrogen and oxygen atoms in total. The third-order valence-corrected chi connectivity index (χ3v) is 2.40. The highest BCUT2D eigenvalue weighted by atomic mass is 19.1. The van der Waals surface area contributed by atoms with Gasteiger partial charge in [-0.05, 0) is 12.1 Å². The third-order valence-electron chi connectivity index (χ3n) is 2.40. The van der Waals surface area contributed by atoms with Crippen molar-refractivity contribution in [1.82, 2.24) is 5.43 Å². The van der Waals surface area contributed by atoms with Gasteiger partial charge in [0.15, 0.2) is 0 Å². The summed E-state index contributed by atoms with van der Waals surface area (Å²) in [5, 5.41) is 0. The Morgan fingerprint density at radius 1 is 1.41 bits per heavy atom. The quantitative estimate of drug-likeness (QED) is 0.309. The van der Waals surface area contributed by atoms with Gasteiger partial charge in [0.25, 0.3) is 17.6 Å². The number of nitrogens with two attached hydrogens (primary N) is 1. The van der Waals surface area contributed by atoms with Gasteiger partial charge in [-0.25, -0.2) is 10.2 Å². The Kier molecular flexibility index (Phi) is 2.60. The first-order valence-corrected chi connectivity index (χ1v) is 4.70. The fourth-order valence-electron chi connectivity index (χ4n) is 1.65. The Balaban J connectivity index is 2.47. The first-order valence-electron chi connectivity index (χ1n) is 4.70. The van der Waals surface area contributed by atoms with Gasteiger partial charge in [0.05, 0.1) is 11.3 Å². The standard InChI is InChI=1S/C10H8FN3O3/c11-6-3-1-2-5-8(6)14(4-7(15)13-12)10(17)9(5)16/h1-3H,4,12H2,(H,13,15). The van der Waals surface area contributed by atoms with Crippen molar-refractivity contribution in [3.8, 4) is 0 Å². The molecule has 3 N–H and O–H groups in total. The number of amides is 2. The van der Waals surface area contributed by atoms with Gasteiger partial charge in [0.2, 0.25) is 0 Å². The molecule has 1 aliphatic heterocycles. The summed E-state index contributed by atoms with van der Waals surface area (Å²) in [6, 6.07) is 3.77. The molecular weight excluding hydrogens is 229 g/mol. The Morgan fingerprint density at radius 2 is 2.12 bits per heavy atom. The van der Waals surface area contributed by atoms with E-state index in [-0.39, 0.29) is 11.3 Å².